The molecule has 0 aliphatic heterocycles. The molecule has 0 saturated carbocycles. The average Bonchev–Trinajstić information content (AvgIpc) is 2.88. The Morgan fingerprint density at radius 2 is 1.81 bits per heavy atom. The first kappa shape index (κ1) is 18.1. The summed E-state index contributed by atoms with van der Waals surface area (Å²) in [6.07, 6.45) is -3.64. The van der Waals surface area contributed by atoms with Gasteiger partial charge in [-0.2, -0.15) is 18.3 Å². The molecule has 9 heteroatoms. The molecule has 2 aromatic heterocycles. The number of nitrogens with two attached hydrogens (primary N) is 1. The normalized spacial score (nSPS) is 12.7. The van der Waals surface area contributed by atoms with E-state index in [0.29, 0.717) is 22.8 Å². The Bertz CT molecular complexity index is 970. The lowest BCUT2D eigenvalue weighted by atomic mass is 10.0. The fourth-order valence-electron chi connectivity index (χ4n) is 2.75. The second kappa shape index (κ2) is 5.93. The zero-order valence-electron chi connectivity index (χ0n) is 14.4. The van der Waals surface area contributed by atoms with Gasteiger partial charge in [0.1, 0.15) is 18.0 Å². The second-order valence-electron chi connectivity index (χ2n) is 6.94. The topological polar surface area (TPSA) is 69.6 Å². The molecule has 0 fully saturated rings. The van der Waals surface area contributed by atoms with Gasteiger partial charge >= 0.3 is 6.18 Å². The lowest BCUT2D eigenvalue weighted by molar-refractivity contribution is -0.140. The van der Waals surface area contributed by atoms with Gasteiger partial charge in [-0.3, -0.25) is 0 Å². The number of benzene rings is 1. The van der Waals surface area contributed by atoms with Crippen molar-refractivity contribution >= 4 is 16.9 Å². The third-order valence-corrected chi connectivity index (χ3v) is 3.94. The van der Waals surface area contributed by atoms with Crippen LogP contribution in [0.2, 0.25) is 0 Å². The molecule has 2 N–H and O–H groups in total. The molecular weight excluding hydrogens is 350 g/mol. The summed E-state index contributed by atoms with van der Waals surface area (Å²) in [6, 6.07) is 3.18. The van der Waals surface area contributed by atoms with Crippen LogP contribution in [0.1, 0.15) is 37.6 Å². The van der Waals surface area contributed by atoms with Crippen LogP contribution in [0.3, 0.4) is 0 Å². The van der Waals surface area contributed by atoms with Gasteiger partial charge in [-0.1, -0.05) is 12.1 Å². The van der Waals surface area contributed by atoms with Crippen LogP contribution in [0, 0.1) is 5.82 Å². The number of fused-ring (bicyclic) bond motifs is 1. The van der Waals surface area contributed by atoms with Crippen LogP contribution >= 0.6 is 0 Å². The highest BCUT2D eigenvalue weighted by Gasteiger charge is 2.35. The van der Waals surface area contributed by atoms with Crippen molar-refractivity contribution in [3.8, 4) is 0 Å². The zero-order chi connectivity index (χ0) is 19.3. The van der Waals surface area contributed by atoms with Crippen LogP contribution in [0.25, 0.3) is 11.0 Å². The van der Waals surface area contributed by atoms with Gasteiger partial charge in [0, 0.05) is 6.42 Å². The molecule has 2 heterocycles. The minimum absolute atomic E-state index is 0.122. The molecule has 138 valence electrons. The molecule has 0 radical (unpaired) electrons. The molecular formula is C17H17F4N5. The Balaban J connectivity index is 2.17. The van der Waals surface area contributed by atoms with Crippen molar-refractivity contribution in [2.24, 2.45) is 0 Å². The number of hydrogen-bond donors (Lipinski definition) is 1. The monoisotopic (exact) mass is 367 g/mol. The van der Waals surface area contributed by atoms with Gasteiger partial charge < -0.3 is 5.73 Å². The summed E-state index contributed by atoms with van der Waals surface area (Å²) >= 11 is 0. The van der Waals surface area contributed by atoms with E-state index in [2.05, 4.69) is 15.1 Å². The summed E-state index contributed by atoms with van der Waals surface area (Å²) in [7, 11) is 0. The number of hydrogen-bond acceptors (Lipinski definition) is 4. The van der Waals surface area contributed by atoms with E-state index in [1.165, 1.54) is 18.5 Å². The molecule has 0 amide bonds. The number of rotatable bonds is 2. The molecule has 0 unspecified atom stereocenters. The van der Waals surface area contributed by atoms with E-state index in [0.717, 1.165) is 0 Å². The van der Waals surface area contributed by atoms with Gasteiger partial charge in [-0.05, 0) is 32.4 Å². The zero-order valence-corrected chi connectivity index (χ0v) is 14.4. The lowest BCUT2D eigenvalue weighted by Crippen LogP contribution is -2.23. The predicted molar refractivity (Wildman–Crippen MR) is 88.9 cm³/mol. The summed E-state index contributed by atoms with van der Waals surface area (Å²) in [6.45, 7) is 5.69. The molecule has 0 atom stereocenters. The lowest BCUT2D eigenvalue weighted by Gasteiger charge is -2.19. The third kappa shape index (κ3) is 3.09. The van der Waals surface area contributed by atoms with E-state index in [9.17, 15) is 17.6 Å². The van der Waals surface area contributed by atoms with Crippen LogP contribution in [-0.2, 0) is 18.1 Å². The van der Waals surface area contributed by atoms with E-state index < -0.39 is 23.1 Å². The molecule has 0 spiro atoms. The fourth-order valence-corrected chi connectivity index (χ4v) is 2.75. The van der Waals surface area contributed by atoms with Gasteiger partial charge in [0.2, 0.25) is 0 Å². The Morgan fingerprint density at radius 1 is 1.12 bits per heavy atom. The van der Waals surface area contributed by atoms with Crippen molar-refractivity contribution in [3.63, 3.8) is 0 Å². The first-order chi connectivity index (χ1) is 12.0. The maximum absolute atomic E-state index is 14.4. The average molecular weight is 367 g/mol. The van der Waals surface area contributed by atoms with Gasteiger partial charge in [-0.25, -0.2) is 19.0 Å². The quantitative estimate of drug-likeness (QED) is 0.697. The van der Waals surface area contributed by atoms with Crippen molar-refractivity contribution < 1.29 is 17.6 Å². The number of nitrogen functional groups attached to an aromatic ring is 1. The number of nitrogens with zero attached hydrogens (tertiary/aromatic N) is 4. The number of aromatic nitrogens is 4. The molecule has 0 aliphatic carbocycles. The van der Waals surface area contributed by atoms with Crippen molar-refractivity contribution in [3.05, 3.63) is 47.2 Å². The van der Waals surface area contributed by atoms with E-state index in [4.69, 9.17) is 5.73 Å². The highest BCUT2D eigenvalue weighted by molar-refractivity contribution is 5.88. The maximum atomic E-state index is 14.4. The van der Waals surface area contributed by atoms with Crippen LogP contribution in [0.15, 0.2) is 24.5 Å². The molecule has 0 bridgehead atoms. The molecule has 5 nitrogen and oxygen atoms in total. The van der Waals surface area contributed by atoms with Gasteiger partial charge in [0.15, 0.2) is 5.65 Å². The SMILES string of the molecule is CC(C)(C)n1nc(Cc2cccc(C(F)(F)F)c2F)c2c(N)ncnc21. The predicted octanol–water partition coefficient (Wildman–Crippen LogP) is 3.91. The van der Waals surface area contributed by atoms with Gasteiger partial charge in [0.25, 0.3) is 0 Å². The highest BCUT2D eigenvalue weighted by Crippen LogP contribution is 2.34. The third-order valence-electron chi connectivity index (χ3n) is 3.94. The summed E-state index contributed by atoms with van der Waals surface area (Å²) < 4.78 is 54.8. The fraction of sp³-hybridized carbons (Fsp3) is 0.353. The molecule has 1 aromatic carbocycles. The number of alkyl halides is 3. The minimum atomic E-state index is -4.77. The van der Waals surface area contributed by atoms with Crippen LogP contribution in [0.5, 0.6) is 0 Å². The van der Waals surface area contributed by atoms with Crippen LogP contribution in [0.4, 0.5) is 23.4 Å². The van der Waals surface area contributed by atoms with E-state index in [-0.39, 0.29) is 17.8 Å². The first-order valence-corrected chi connectivity index (χ1v) is 7.83. The summed E-state index contributed by atoms with van der Waals surface area (Å²) in [4.78, 5) is 8.11. The van der Waals surface area contributed by atoms with Gasteiger partial charge in [0.05, 0.1) is 22.2 Å². The molecule has 3 rings (SSSR count). The molecule has 26 heavy (non-hydrogen) atoms. The summed E-state index contributed by atoms with van der Waals surface area (Å²) in [5.41, 5.74) is 4.82. The molecule has 3 aromatic rings. The van der Waals surface area contributed by atoms with Crippen molar-refractivity contribution in [1.82, 2.24) is 19.7 Å². The number of anilines is 1. The van der Waals surface area contributed by atoms with Gasteiger partial charge in [-0.15, -0.1) is 0 Å². The van der Waals surface area contributed by atoms with E-state index in [1.807, 2.05) is 20.8 Å². The highest BCUT2D eigenvalue weighted by atomic mass is 19.4. The largest absolute Gasteiger partial charge is 0.419 e. The minimum Gasteiger partial charge on any atom is -0.383 e. The standard InChI is InChI=1S/C17H17F4N5/c1-16(2,3)26-15-12(14(22)23-8-24-15)11(25-26)7-9-5-4-6-10(13(9)18)17(19,20)21/h4-6,8H,7H2,1-3H3,(H2,22,23,24). The smallest absolute Gasteiger partial charge is 0.383 e. The van der Waals surface area contributed by atoms with Crippen molar-refractivity contribution in [2.45, 2.75) is 38.9 Å². The Labute approximate surface area is 146 Å². The Hall–Kier alpha value is -2.71. The molecule has 0 saturated heterocycles. The first-order valence-electron chi connectivity index (χ1n) is 7.83. The Morgan fingerprint density at radius 3 is 2.42 bits per heavy atom. The van der Waals surface area contributed by atoms with E-state index in [1.54, 1.807) is 4.68 Å². The summed E-state index contributed by atoms with van der Waals surface area (Å²) in [5.74, 6) is -1.17. The molecule has 0 aliphatic rings. The van der Waals surface area contributed by atoms with Crippen LogP contribution in [-0.4, -0.2) is 19.7 Å². The Kier molecular flexibility index (Phi) is 4.12. The second-order valence-corrected chi connectivity index (χ2v) is 6.94. The number of halogens is 4. The maximum Gasteiger partial charge on any atom is 0.419 e. The summed E-state index contributed by atoms with van der Waals surface area (Å²) in [5, 5.41) is 4.85. The van der Waals surface area contributed by atoms with Crippen molar-refractivity contribution in [2.75, 3.05) is 5.73 Å². The van der Waals surface area contributed by atoms with Crippen LogP contribution < -0.4 is 5.73 Å². The van der Waals surface area contributed by atoms with Crippen molar-refractivity contribution in [1.29, 1.82) is 0 Å². The van der Waals surface area contributed by atoms with E-state index >= 15 is 0 Å².